The van der Waals surface area contributed by atoms with E-state index < -0.39 is 0 Å². The maximum Gasteiger partial charge on any atom is 0.282 e. The van der Waals surface area contributed by atoms with E-state index in [1.54, 1.807) is 12.1 Å². The molecule has 0 spiro atoms. The molecule has 0 bridgehead atoms. The first kappa shape index (κ1) is 10.9. The van der Waals surface area contributed by atoms with Gasteiger partial charge in [-0.25, -0.2) is 9.38 Å². The minimum Gasteiger partial charge on any atom is -0.463 e. The molecule has 4 nitrogen and oxygen atoms in total. The molecule has 1 aliphatic rings. The highest BCUT2D eigenvalue weighted by atomic mass is 19.1. The minimum atomic E-state index is -0.194. The molecule has 86 valence electrons. The lowest BCUT2D eigenvalue weighted by atomic mass is 10.2. The van der Waals surface area contributed by atoms with Crippen LogP contribution in [0.4, 0.5) is 4.39 Å². The van der Waals surface area contributed by atoms with Crippen molar-refractivity contribution in [1.29, 1.82) is 0 Å². The number of rotatable bonds is 4. The molecule has 0 saturated heterocycles. The highest BCUT2D eigenvalue weighted by Crippen LogP contribution is 2.06. The summed E-state index contributed by atoms with van der Waals surface area (Å²) in [4.78, 5) is 4.06. The zero-order valence-corrected chi connectivity index (χ0v) is 8.82. The van der Waals surface area contributed by atoms with Crippen molar-refractivity contribution in [2.24, 2.45) is 10.7 Å². The first-order valence-corrected chi connectivity index (χ1v) is 5.16. The van der Waals surface area contributed by atoms with Crippen LogP contribution in [0.15, 0.2) is 29.3 Å². The fourth-order valence-corrected chi connectivity index (χ4v) is 1.56. The van der Waals surface area contributed by atoms with Gasteiger partial charge in [0.1, 0.15) is 18.5 Å². The molecule has 16 heavy (non-hydrogen) atoms. The monoisotopic (exact) mass is 223 g/mol. The summed E-state index contributed by atoms with van der Waals surface area (Å²) in [5.74, 6) is -0.194. The Kier molecular flexibility index (Phi) is 3.36. The van der Waals surface area contributed by atoms with Crippen molar-refractivity contribution < 1.29 is 9.13 Å². The molecule has 3 N–H and O–H groups in total. The van der Waals surface area contributed by atoms with Crippen LogP contribution in [0.5, 0.6) is 0 Å². The standard InChI is InChI=1S/C11H14FN3O/c12-10-4-2-1-3-8(10)5-14-6-9-7-16-11(13)15-9/h1-4,9,14H,5-7H2,(H2,13,15)/t9-/m0/s1. The van der Waals surface area contributed by atoms with Crippen molar-refractivity contribution in [3.8, 4) is 0 Å². The summed E-state index contributed by atoms with van der Waals surface area (Å²) >= 11 is 0. The van der Waals surface area contributed by atoms with Gasteiger partial charge in [-0.2, -0.15) is 0 Å². The van der Waals surface area contributed by atoms with Gasteiger partial charge in [-0.1, -0.05) is 18.2 Å². The van der Waals surface area contributed by atoms with Crippen LogP contribution < -0.4 is 11.1 Å². The first-order valence-electron chi connectivity index (χ1n) is 5.16. The van der Waals surface area contributed by atoms with Crippen LogP contribution in [0.2, 0.25) is 0 Å². The number of nitrogens with two attached hydrogens (primary N) is 1. The van der Waals surface area contributed by atoms with E-state index in [0.29, 0.717) is 25.3 Å². The van der Waals surface area contributed by atoms with E-state index >= 15 is 0 Å². The number of halogens is 1. The van der Waals surface area contributed by atoms with Crippen molar-refractivity contribution in [1.82, 2.24) is 5.32 Å². The lowest BCUT2D eigenvalue weighted by molar-refractivity contribution is 0.309. The highest BCUT2D eigenvalue weighted by molar-refractivity contribution is 5.73. The second-order valence-corrected chi connectivity index (χ2v) is 3.65. The van der Waals surface area contributed by atoms with Gasteiger partial charge in [-0.05, 0) is 6.07 Å². The van der Waals surface area contributed by atoms with Crippen LogP contribution in [0, 0.1) is 5.82 Å². The summed E-state index contributed by atoms with van der Waals surface area (Å²) in [5, 5.41) is 3.12. The third kappa shape index (κ3) is 2.70. The Labute approximate surface area is 93.3 Å². The summed E-state index contributed by atoms with van der Waals surface area (Å²) in [5.41, 5.74) is 6.02. The van der Waals surface area contributed by atoms with E-state index in [2.05, 4.69) is 10.3 Å². The van der Waals surface area contributed by atoms with Crippen molar-refractivity contribution in [2.75, 3.05) is 13.2 Å². The van der Waals surface area contributed by atoms with Crippen molar-refractivity contribution >= 4 is 6.02 Å². The molecule has 1 aliphatic heterocycles. The molecule has 1 aromatic carbocycles. The van der Waals surface area contributed by atoms with E-state index in [-0.39, 0.29) is 17.9 Å². The van der Waals surface area contributed by atoms with Gasteiger partial charge in [-0.15, -0.1) is 0 Å². The molecular formula is C11H14FN3O. The normalized spacial score (nSPS) is 19.3. The molecule has 0 aromatic heterocycles. The average Bonchev–Trinajstić information content (AvgIpc) is 2.67. The molecule has 1 heterocycles. The number of amidine groups is 1. The molecule has 2 rings (SSSR count). The second-order valence-electron chi connectivity index (χ2n) is 3.65. The Morgan fingerprint density at radius 1 is 1.50 bits per heavy atom. The Morgan fingerprint density at radius 3 is 3.00 bits per heavy atom. The molecule has 1 atom stereocenters. The smallest absolute Gasteiger partial charge is 0.282 e. The number of nitrogens with one attached hydrogen (secondary N) is 1. The molecule has 1 aromatic rings. The van der Waals surface area contributed by atoms with Crippen molar-refractivity contribution in [3.63, 3.8) is 0 Å². The zero-order valence-electron chi connectivity index (χ0n) is 8.82. The first-order chi connectivity index (χ1) is 7.75. The maximum absolute atomic E-state index is 13.2. The van der Waals surface area contributed by atoms with Gasteiger partial charge in [0.25, 0.3) is 6.02 Å². The summed E-state index contributed by atoms with van der Waals surface area (Å²) in [6.07, 6.45) is 0. The maximum atomic E-state index is 13.2. The van der Waals surface area contributed by atoms with E-state index in [1.165, 1.54) is 6.07 Å². The fourth-order valence-electron chi connectivity index (χ4n) is 1.56. The van der Waals surface area contributed by atoms with Crippen molar-refractivity contribution in [2.45, 2.75) is 12.6 Å². The number of hydrogen-bond acceptors (Lipinski definition) is 4. The molecule has 0 amide bonds. The van der Waals surface area contributed by atoms with Gasteiger partial charge in [0.05, 0.1) is 0 Å². The lowest BCUT2D eigenvalue weighted by Gasteiger charge is -2.07. The second kappa shape index (κ2) is 4.94. The Balaban J connectivity index is 1.78. The van der Waals surface area contributed by atoms with Crippen molar-refractivity contribution in [3.05, 3.63) is 35.6 Å². The number of ether oxygens (including phenoxy) is 1. The Morgan fingerprint density at radius 2 is 2.31 bits per heavy atom. The molecule has 0 fully saturated rings. The summed E-state index contributed by atoms with van der Waals surface area (Å²) in [7, 11) is 0. The fraction of sp³-hybridized carbons (Fsp3) is 0.364. The van der Waals surface area contributed by atoms with E-state index in [4.69, 9.17) is 10.5 Å². The molecule has 0 unspecified atom stereocenters. The van der Waals surface area contributed by atoms with Gasteiger partial charge in [0.2, 0.25) is 0 Å². The Hall–Kier alpha value is -1.62. The average molecular weight is 223 g/mol. The van der Waals surface area contributed by atoms with Gasteiger partial charge in [0.15, 0.2) is 0 Å². The molecule has 0 aliphatic carbocycles. The highest BCUT2D eigenvalue weighted by Gasteiger charge is 2.15. The molecule has 0 saturated carbocycles. The summed E-state index contributed by atoms with van der Waals surface area (Å²) in [6.45, 7) is 1.61. The summed E-state index contributed by atoms with van der Waals surface area (Å²) < 4.78 is 18.2. The van der Waals surface area contributed by atoms with Gasteiger partial charge in [0, 0.05) is 18.7 Å². The summed E-state index contributed by atoms with van der Waals surface area (Å²) in [6, 6.07) is 6.96. The zero-order chi connectivity index (χ0) is 11.4. The number of aliphatic imine (C=N–C) groups is 1. The third-order valence-electron chi connectivity index (χ3n) is 2.39. The van der Waals surface area contributed by atoms with Crippen LogP contribution >= 0.6 is 0 Å². The molecule has 5 heteroatoms. The van der Waals surface area contributed by atoms with Gasteiger partial charge in [-0.3, -0.25) is 0 Å². The minimum absolute atomic E-state index is 0.0340. The largest absolute Gasteiger partial charge is 0.463 e. The number of hydrogen-bond donors (Lipinski definition) is 2. The van der Waals surface area contributed by atoms with Crippen LogP contribution in [0.1, 0.15) is 5.56 Å². The SMILES string of the molecule is NC1=N[C@@H](CNCc2ccccc2F)CO1. The van der Waals surface area contributed by atoms with Gasteiger partial charge < -0.3 is 15.8 Å². The number of benzene rings is 1. The number of nitrogens with zero attached hydrogens (tertiary/aromatic N) is 1. The van der Waals surface area contributed by atoms with E-state index in [9.17, 15) is 4.39 Å². The van der Waals surface area contributed by atoms with Crippen LogP contribution in [-0.2, 0) is 11.3 Å². The van der Waals surface area contributed by atoms with Crippen LogP contribution in [-0.4, -0.2) is 25.2 Å². The van der Waals surface area contributed by atoms with Gasteiger partial charge >= 0.3 is 0 Å². The predicted octanol–water partition coefficient (Wildman–Crippen LogP) is 0.629. The van der Waals surface area contributed by atoms with E-state index in [0.717, 1.165) is 0 Å². The van der Waals surface area contributed by atoms with Crippen LogP contribution in [0.3, 0.4) is 0 Å². The quantitative estimate of drug-likeness (QED) is 0.787. The predicted molar refractivity (Wildman–Crippen MR) is 59.5 cm³/mol. The topological polar surface area (TPSA) is 59.6 Å². The van der Waals surface area contributed by atoms with Crippen LogP contribution in [0.25, 0.3) is 0 Å². The third-order valence-corrected chi connectivity index (χ3v) is 2.39. The lowest BCUT2D eigenvalue weighted by Crippen LogP contribution is -2.26. The molecule has 0 radical (unpaired) electrons. The Bertz CT molecular complexity index is 395. The molecular weight excluding hydrogens is 209 g/mol. The van der Waals surface area contributed by atoms with E-state index in [1.807, 2.05) is 6.07 Å².